The Labute approximate surface area is 186 Å². The van der Waals surface area contributed by atoms with Crippen molar-refractivity contribution in [2.75, 3.05) is 0 Å². The smallest absolute Gasteiger partial charge is 0.422 e. The number of benzene rings is 2. The predicted octanol–water partition coefficient (Wildman–Crippen LogP) is 5.11. The zero-order chi connectivity index (χ0) is 24.3. The van der Waals surface area contributed by atoms with E-state index in [9.17, 15) is 53.8 Å². The minimum Gasteiger partial charge on any atom is -0.493 e. The molecule has 3 aromatic rings. The van der Waals surface area contributed by atoms with Crippen LogP contribution in [0.2, 0.25) is 0 Å². The number of carbonyl (C=O) groups excluding carboxylic acids is 1. The Hall–Kier alpha value is -3.06. The van der Waals surface area contributed by atoms with Gasteiger partial charge in [-0.05, 0) is 19.1 Å². The molecule has 1 radical (unpaired) electrons. The second kappa shape index (κ2) is 8.71. The first kappa shape index (κ1) is 26.2. The molecule has 0 saturated carbocycles. The Balaban J connectivity index is 0.00000385. The van der Waals surface area contributed by atoms with E-state index in [4.69, 9.17) is 0 Å². The van der Waals surface area contributed by atoms with Gasteiger partial charge < -0.3 is 5.11 Å². The largest absolute Gasteiger partial charge is 0.493 e. The molecular formula is C18H6F10MnN2O2. The number of halogens is 10. The molecule has 0 spiro atoms. The molecule has 2 aromatic carbocycles. The summed E-state index contributed by atoms with van der Waals surface area (Å²) in [7, 11) is 0. The summed E-state index contributed by atoms with van der Waals surface area (Å²) in [6.45, 7) is 0.909. The monoisotopic (exact) mass is 527 g/mol. The van der Waals surface area contributed by atoms with Gasteiger partial charge >= 0.3 is 6.18 Å². The van der Waals surface area contributed by atoms with Gasteiger partial charge in [0.25, 0.3) is 0 Å². The minimum absolute atomic E-state index is 0. The van der Waals surface area contributed by atoms with E-state index < -0.39 is 86.6 Å². The van der Waals surface area contributed by atoms with Crippen molar-refractivity contribution in [2.45, 2.75) is 13.1 Å². The predicted molar refractivity (Wildman–Crippen MR) is 84.5 cm³/mol. The molecule has 0 atom stereocenters. The zero-order valence-electron chi connectivity index (χ0n) is 15.6. The van der Waals surface area contributed by atoms with Crippen molar-refractivity contribution in [1.82, 2.24) is 9.78 Å². The zero-order valence-corrected chi connectivity index (χ0v) is 16.7. The molecule has 1 heterocycles. The fourth-order valence-electron chi connectivity index (χ4n) is 2.82. The quantitative estimate of drug-likeness (QED) is 0.170. The molecule has 4 nitrogen and oxygen atoms in total. The second-order valence-corrected chi connectivity index (χ2v) is 6.26. The number of aromatic nitrogens is 2. The van der Waals surface area contributed by atoms with Crippen molar-refractivity contribution in [3.8, 4) is 11.6 Å². The molecular weight excluding hydrogens is 521 g/mol. The summed E-state index contributed by atoms with van der Waals surface area (Å²) in [5.74, 6) is -19.4. The Morgan fingerprint density at radius 2 is 1.33 bits per heavy atom. The Morgan fingerprint density at radius 1 is 0.879 bits per heavy atom. The summed E-state index contributed by atoms with van der Waals surface area (Å²) in [5, 5.41) is 13.4. The summed E-state index contributed by atoms with van der Waals surface area (Å²) in [5.41, 5.74) is -7.32. The molecule has 0 aliphatic heterocycles. The molecule has 0 amide bonds. The van der Waals surface area contributed by atoms with Crippen LogP contribution in [0.1, 0.15) is 27.2 Å². The number of hydrogen-bond donors (Lipinski definition) is 1. The van der Waals surface area contributed by atoms with Crippen molar-refractivity contribution >= 4 is 5.78 Å². The summed E-state index contributed by atoms with van der Waals surface area (Å²) < 4.78 is 134. The molecule has 0 aliphatic carbocycles. The maximum absolute atomic E-state index is 14.2. The van der Waals surface area contributed by atoms with Crippen molar-refractivity contribution in [1.29, 1.82) is 0 Å². The van der Waals surface area contributed by atoms with Crippen LogP contribution in [0.4, 0.5) is 43.9 Å². The van der Waals surface area contributed by atoms with Gasteiger partial charge in [-0.3, -0.25) is 4.79 Å². The third-order valence-corrected chi connectivity index (χ3v) is 4.24. The van der Waals surface area contributed by atoms with E-state index in [-0.39, 0.29) is 33.9 Å². The van der Waals surface area contributed by atoms with E-state index in [1.165, 1.54) is 0 Å². The van der Waals surface area contributed by atoms with Crippen LogP contribution in [0.15, 0.2) is 12.1 Å². The number of nitrogens with zero attached hydrogens (tertiary/aromatic N) is 2. The van der Waals surface area contributed by atoms with Crippen LogP contribution in [-0.4, -0.2) is 20.7 Å². The van der Waals surface area contributed by atoms with E-state index in [2.05, 4.69) is 5.10 Å². The molecule has 0 fully saturated rings. The standard InChI is InChI=1S/C18H6F10N2O2.Mn/c1-4-8(16(31)5-2-6(19)10(21)7(20)3-5)17(32)30(29-4)15-13(24)11(22)9(18(26,27)28)12(23)14(15)25;/h2-3,32H,1H3;. The average molecular weight is 527 g/mol. The third kappa shape index (κ3) is 4.17. The maximum atomic E-state index is 14.2. The first-order chi connectivity index (χ1) is 14.7. The van der Waals surface area contributed by atoms with E-state index in [0.29, 0.717) is 0 Å². The molecule has 3 rings (SSSR count). The van der Waals surface area contributed by atoms with Crippen LogP contribution in [0.3, 0.4) is 0 Å². The molecule has 15 heteroatoms. The third-order valence-electron chi connectivity index (χ3n) is 4.24. The van der Waals surface area contributed by atoms with Gasteiger partial charge in [-0.2, -0.15) is 23.0 Å². The first-order valence-corrected chi connectivity index (χ1v) is 8.09. The van der Waals surface area contributed by atoms with Crippen LogP contribution in [0.25, 0.3) is 5.69 Å². The van der Waals surface area contributed by atoms with Gasteiger partial charge in [-0.15, -0.1) is 0 Å². The van der Waals surface area contributed by atoms with Gasteiger partial charge in [0.1, 0.15) is 16.8 Å². The van der Waals surface area contributed by atoms with Gasteiger partial charge in [0, 0.05) is 22.6 Å². The van der Waals surface area contributed by atoms with E-state index in [1.54, 1.807) is 0 Å². The van der Waals surface area contributed by atoms with E-state index in [1.807, 2.05) is 0 Å². The number of aromatic hydroxyl groups is 1. The summed E-state index contributed by atoms with van der Waals surface area (Å²) >= 11 is 0. The Bertz CT molecular complexity index is 1230. The fraction of sp³-hybridized carbons (Fsp3) is 0.111. The number of aryl methyl sites for hydroxylation is 1. The van der Waals surface area contributed by atoms with Crippen molar-refractivity contribution < 1.29 is 70.9 Å². The maximum Gasteiger partial charge on any atom is 0.422 e. The Morgan fingerprint density at radius 3 is 1.76 bits per heavy atom. The summed E-state index contributed by atoms with van der Waals surface area (Å²) in [6, 6.07) is 0.436. The van der Waals surface area contributed by atoms with Crippen LogP contribution in [-0.2, 0) is 23.2 Å². The molecule has 1 aromatic heterocycles. The topological polar surface area (TPSA) is 55.1 Å². The number of ketones is 1. The van der Waals surface area contributed by atoms with Crippen molar-refractivity contribution in [3.63, 3.8) is 0 Å². The molecule has 0 unspecified atom stereocenters. The Kier molecular flexibility index (Phi) is 6.91. The molecule has 0 bridgehead atoms. The molecule has 0 aliphatic rings. The van der Waals surface area contributed by atoms with Gasteiger partial charge in [0.2, 0.25) is 11.7 Å². The van der Waals surface area contributed by atoms with Gasteiger partial charge in [-0.25, -0.2) is 30.7 Å². The number of hydrogen-bond acceptors (Lipinski definition) is 3. The van der Waals surface area contributed by atoms with E-state index >= 15 is 0 Å². The van der Waals surface area contributed by atoms with E-state index in [0.717, 1.165) is 6.92 Å². The summed E-state index contributed by atoms with van der Waals surface area (Å²) in [6.07, 6.45) is -5.83. The SMILES string of the molecule is Cc1nn(-c2c(F)c(F)c(C(F)(F)F)c(F)c2F)c(O)c1C(=O)c1cc(F)c(F)c(F)c1.[Mn]. The van der Waals surface area contributed by atoms with Gasteiger partial charge in [-0.1, -0.05) is 0 Å². The number of alkyl halides is 3. The molecule has 1 N–H and O–H groups in total. The van der Waals surface area contributed by atoms with Gasteiger partial charge in [0.05, 0.1) is 5.69 Å². The van der Waals surface area contributed by atoms with Crippen LogP contribution in [0.5, 0.6) is 5.88 Å². The van der Waals surface area contributed by atoms with Crippen LogP contribution >= 0.6 is 0 Å². The van der Waals surface area contributed by atoms with Gasteiger partial charge in [0.15, 0.2) is 40.7 Å². The number of rotatable bonds is 3. The molecule has 0 saturated heterocycles. The number of carbonyl (C=O) groups is 1. The average Bonchev–Trinajstić information content (AvgIpc) is 2.96. The first-order valence-electron chi connectivity index (χ1n) is 8.09. The summed E-state index contributed by atoms with van der Waals surface area (Å²) in [4.78, 5) is 12.5. The minimum atomic E-state index is -5.83. The molecule has 33 heavy (non-hydrogen) atoms. The van der Waals surface area contributed by atoms with Crippen LogP contribution < -0.4 is 0 Å². The van der Waals surface area contributed by atoms with Crippen molar-refractivity contribution in [3.05, 3.63) is 75.2 Å². The normalized spacial score (nSPS) is 11.5. The fourth-order valence-corrected chi connectivity index (χ4v) is 2.82. The van der Waals surface area contributed by atoms with Crippen molar-refractivity contribution in [2.24, 2.45) is 0 Å². The second-order valence-electron chi connectivity index (χ2n) is 6.26. The van der Waals surface area contributed by atoms with Crippen LogP contribution in [0, 0.1) is 47.6 Å². The molecule has 177 valence electrons.